The van der Waals surface area contributed by atoms with Gasteiger partial charge in [-0.1, -0.05) is 0 Å². The Morgan fingerprint density at radius 2 is 1.67 bits per heavy atom. The van der Waals surface area contributed by atoms with Crippen molar-refractivity contribution >= 4 is 35.5 Å². The van der Waals surface area contributed by atoms with Crippen LogP contribution in [-0.2, 0) is 19.2 Å². The fraction of sp³-hybridized carbons (Fsp3) is 0.667. The molecule has 0 saturated heterocycles. The Hall–Kier alpha value is -1.77. The van der Waals surface area contributed by atoms with Gasteiger partial charge in [0.1, 0.15) is 12.1 Å². The van der Waals surface area contributed by atoms with Crippen LogP contribution in [0.3, 0.4) is 0 Å². The van der Waals surface area contributed by atoms with E-state index in [0.29, 0.717) is 12.2 Å². The second kappa shape index (κ2) is 10.0. The van der Waals surface area contributed by atoms with Crippen molar-refractivity contribution in [3.63, 3.8) is 0 Å². The minimum atomic E-state index is -1.31. The fourth-order valence-electron chi connectivity index (χ4n) is 1.55. The van der Waals surface area contributed by atoms with Crippen molar-refractivity contribution in [3.05, 3.63) is 0 Å². The number of hydrogen-bond donors (Lipinski definition) is 4. The lowest BCUT2D eigenvalue weighted by Crippen LogP contribution is -2.51. The van der Waals surface area contributed by atoms with Crippen LogP contribution >= 0.6 is 11.8 Å². The van der Waals surface area contributed by atoms with Gasteiger partial charge in [0.25, 0.3) is 0 Å². The third-order valence-electron chi connectivity index (χ3n) is 2.57. The SMILES string of the molecule is CSCCC(NC(C)=O)C(=O)NC(CCC(=O)O)C(=O)O. The van der Waals surface area contributed by atoms with Crippen LogP contribution < -0.4 is 10.6 Å². The number of carbonyl (C=O) groups excluding carboxylic acids is 2. The molecule has 0 aromatic carbocycles. The first kappa shape index (κ1) is 19.2. The molecule has 0 fully saturated rings. The number of carboxylic acids is 2. The molecular formula is C12H20N2O6S. The normalized spacial score (nSPS) is 13.0. The van der Waals surface area contributed by atoms with E-state index in [4.69, 9.17) is 10.2 Å². The van der Waals surface area contributed by atoms with Gasteiger partial charge >= 0.3 is 11.9 Å². The summed E-state index contributed by atoms with van der Waals surface area (Å²) in [6, 6.07) is -2.12. The summed E-state index contributed by atoms with van der Waals surface area (Å²) in [5, 5.41) is 22.2. The van der Waals surface area contributed by atoms with Crippen LogP contribution in [0.1, 0.15) is 26.2 Å². The molecule has 0 aliphatic rings. The number of thioether (sulfide) groups is 1. The summed E-state index contributed by atoms with van der Waals surface area (Å²) >= 11 is 1.49. The molecule has 2 atom stereocenters. The molecule has 0 aliphatic heterocycles. The molecule has 120 valence electrons. The number of hydrogen-bond acceptors (Lipinski definition) is 5. The van der Waals surface area contributed by atoms with Crippen molar-refractivity contribution < 1.29 is 29.4 Å². The lowest BCUT2D eigenvalue weighted by Gasteiger charge is -2.20. The van der Waals surface area contributed by atoms with Crippen molar-refractivity contribution in [3.8, 4) is 0 Å². The maximum absolute atomic E-state index is 12.0. The monoisotopic (exact) mass is 320 g/mol. The molecule has 2 amide bonds. The minimum Gasteiger partial charge on any atom is -0.481 e. The van der Waals surface area contributed by atoms with Crippen molar-refractivity contribution in [1.82, 2.24) is 10.6 Å². The highest BCUT2D eigenvalue weighted by molar-refractivity contribution is 7.98. The quantitative estimate of drug-likeness (QED) is 0.433. The van der Waals surface area contributed by atoms with Gasteiger partial charge in [-0.05, 0) is 24.9 Å². The molecule has 21 heavy (non-hydrogen) atoms. The highest BCUT2D eigenvalue weighted by Gasteiger charge is 2.26. The first-order valence-corrected chi connectivity index (χ1v) is 7.68. The Morgan fingerprint density at radius 1 is 1.05 bits per heavy atom. The number of aliphatic carboxylic acids is 2. The van der Waals surface area contributed by atoms with E-state index in [1.165, 1.54) is 18.7 Å². The van der Waals surface area contributed by atoms with E-state index in [9.17, 15) is 19.2 Å². The maximum atomic E-state index is 12.0. The van der Waals surface area contributed by atoms with Gasteiger partial charge in [-0.15, -0.1) is 0 Å². The highest BCUT2D eigenvalue weighted by atomic mass is 32.2. The van der Waals surface area contributed by atoms with E-state index in [0.717, 1.165) is 0 Å². The lowest BCUT2D eigenvalue weighted by molar-refractivity contribution is -0.143. The summed E-state index contributed by atoms with van der Waals surface area (Å²) in [4.78, 5) is 44.5. The fourth-order valence-corrected chi connectivity index (χ4v) is 2.02. The van der Waals surface area contributed by atoms with Crippen molar-refractivity contribution in [2.75, 3.05) is 12.0 Å². The molecule has 0 heterocycles. The molecular weight excluding hydrogens is 300 g/mol. The Kier molecular flexibility index (Phi) is 9.18. The van der Waals surface area contributed by atoms with Crippen LogP contribution in [0.25, 0.3) is 0 Å². The van der Waals surface area contributed by atoms with Crippen LogP contribution in [-0.4, -0.2) is 58.1 Å². The topological polar surface area (TPSA) is 133 Å². The van der Waals surface area contributed by atoms with Crippen LogP contribution in [0.15, 0.2) is 0 Å². The Bertz CT molecular complexity index is 401. The van der Waals surface area contributed by atoms with Gasteiger partial charge in [-0.3, -0.25) is 14.4 Å². The summed E-state index contributed by atoms with van der Waals surface area (Å²) in [6.45, 7) is 1.26. The molecule has 0 aliphatic carbocycles. The van der Waals surface area contributed by atoms with E-state index in [1.54, 1.807) is 0 Å². The van der Waals surface area contributed by atoms with Gasteiger partial charge in [0.2, 0.25) is 11.8 Å². The summed E-state index contributed by atoms with van der Waals surface area (Å²) in [6.07, 6.45) is 1.62. The third kappa shape index (κ3) is 8.90. The van der Waals surface area contributed by atoms with E-state index in [1.807, 2.05) is 6.26 Å². The van der Waals surface area contributed by atoms with Crippen LogP contribution in [0.2, 0.25) is 0 Å². The Labute approximate surface area is 126 Å². The second-order valence-corrected chi connectivity index (χ2v) is 5.35. The zero-order valence-electron chi connectivity index (χ0n) is 11.9. The van der Waals surface area contributed by atoms with Gasteiger partial charge in [0.15, 0.2) is 0 Å². The molecule has 9 heteroatoms. The average molecular weight is 320 g/mol. The van der Waals surface area contributed by atoms with Gasteiger partial charge in [0, 0.05) is 13.3 Å². The van der Waals surface area contributed by atoms with Crippen LogP contribution in [0, 0.1) is 0 Å². The molecule has 0 saturated carbocycles. The molecule has 0 radical (unpaired) electrons. The van der Waals surface area contributed by atoms with Crippen LogP contribution in [0.4, 0.5) is 0 Å². The molecule has 0 rings (SSSR count). The third-order valence-corrected chi connectivity index (χ3v) is 3.21. The molecule has 0 aromatic heterocycles. The summed E-state index contributed by atoms with van der Waals surface area (Å²) < 4.78 is 0. The Balaban J connectivity index is 4.68. The van der Waals surface area contributed by atoms with Crippen molar-refractivity contribution in [2.24, 2.45) is 0 Å². The van der Waals surface area contributed by atoms with Crippen molar-refractivity contribution in [2.45, 2.75) is 38.3 Å². The van der Waals surface area contributed by atoms with Gasteiger partial charge < -0.3 is 20.8 Å². The summed E-state index contributed by atoms with van der Waals surface area (Å²) in [5.41, 5.74) is 0. The molecule has 8 nitrogen and oxygen atoms in total. The molecule has 2 unspecified atom stereocenters. The maximum Gasteiger partial charge on any atom is 0.326 e. The predicted molar refractivity (Wildman–Crippen MR) is 77.0 cm³/mol. The zero-order valence-corrected chi connectivity index (χ0v) is 12.7. The smallest absolute Gasteiger partial charge is 0.326 e. The zero-order chi connectivity index (χ0) is 16.4. The lowest BCUT2D eigenvalue weighted by atomic mass is 10.1. The number of amides is 2. The van der Waals surface area contributed by atoms with E-state index >= 15 is 0 Å². The van der Waals surface area contributed by atoms with Crippen molar-refractivity contribution in [1.29, 1.82) is 0 Å². The van der Waals surface area contributed by atoms with E-state index < -0.39 is 35.8 Å². The van der Waals surface area contributed by atoms with Gasteiger partial charge in [-0.2, -0.15) is 11.8 Å². The Morgan fingerprint density at radius 3 is 2.10 bits per heavy atom. The van der Waals surface area contributed by atoms with Crippen LogP contribution in [0.5, 0.6) is 0 Å². The standard InChI is InChI=1S/C12H20N2O6S/c1-7(15)13-8(5-6-21-2)11(18)14-9(12(19)20)3-4-10(16)17/h8-9H,3-6H2,1-2H3,(H,13,15)(H,14,18)(H,16,17)(H,19,20). The molecule has 0 spiro atoms. The summed E-state index contributed by atoms with van der Waals surface area (Å²) in [5.74, 6) is -2.86. The average Bonchev–Trinajstić information content (AvgIpc) is 2.37. The van der Waals surface area contributed by atoms with E-state index in [2.05, 4.69) is 10.6 Å². The van der Waals surface area contributed by atoms with E-state index in [-0.39, 0.29) is 12.8 Å². The van der Waals surface area contributed by atoms with Gasteiger partial charge in [-0.25, -0.2) is 4.79 Å². The number of rotatable bonds is 10. The largest absolute Gasteiger partial charge is 0.481 e. The predicted octanol–water partition coefficient (Wildman–Crippen LogP) is -0.322. The summed E-state index contributed by atoms with van der Waals surface area (Å²) in [7, 11) is 0. The minimum absolute atomic E-state index is 0.217. The first-order chi connectivity index (χ1) is 9.77. The first-order valence-electron chi connectivity index (χ1n) is 6.29. The van der Waals surface area contributed by atoms with Gasteiger partial charge in [0.05, 0.1) is 0 Å². The molecule has 0 bridgehead atoms. The second-order valence-electron chi connectivity index (χ2n) is 4.37. The highest BCUT2D eigenvalue weighted by Crippen LogP contribution is 2.04. The number of carboxylic acid groups (broad SMARTS) is 2. The number of carbonyl (C=O) groups is 4. The molecule has 0 aromatic rings. The molecule has 4 N–H and O–H groups in total. The number of nitrogens with one attached hydrogen (secondary N) is 2.